The Morgan fingerprint density at radius 1 is 0.400 bits per heavy atom. The number of para-hydroxylation sites is 2. The highest BCUT2D eigenvalue weighted by molar-refractivity contribution is 7.16. The lowest BCUT2D eigenvalue weighted by molar-refractivity contribution is 0.660. The van der Waals surface area contributed by atoms with Crippen LogP contribution in [0.4, 0.5) is 28.4 Å². The molecule has 0 aliphatic heterocycles. The number of allylic oxidation sites excluding steroid dienone is 5. The molecule has 65 heavy (non-hydrogen) atoms. The zero-order chi connectivity index (χ0) is 43.8. The maximum Gasteiger partial charge on any atom is 0.181 e. The van der Waals surface area contributed by atoms with Gasteiger partial charge in [-0.05, 0) is 115 Å². The number of rotatable bonds is 10. The molecule has 9 aromatic carbocycles. The van der Waals surface area contributed by atoms with Crippen LogP contribution >= 0.6 is 0 Å². The smallest absolute Gasteiger partial charge is 0.181 e. The van der Waals surface area contributed by atoms with E-state index in [2.05, 4.69) is 278 Å². The monoisotopic (exact) mass is 850 g/mol. The molecule has 2 aliphatic rings. The lowest BCUT2D eigenvalue weighted by atomic mass is 9.82. The molecule has 9 aromatic rings. The Bertz CT molecular complexity index is 3210. The van der Waals surface area contributed by atoms with Gasteiger partial charge in [0.2, 0.25) is 0 Å². The summed E-state index contributed by atoms with van der Waals surface area (Å²) < 4.78 is 0. The van der Waals surface area contributed by atoms with Crippen LogP contribution in [0, 0.1) is 0 Å². The first-order valence-electron chi connectivity index (χ1n) is 22.8. The molecule has 0 fully saturated rings. The Labute approximate surface area is 384 Å². The minimum absolute atomic E-state index is 0.0925. The van der Waals surface area contributed by atoms with Gasteiger partial charge in [0, 0.05) is 39.2 Å². The van der Waals surface area contributed by atoms with Gasteiger partial charge >= 0.3 is 0 Å². The molecule has 0 saturated heterocycles. The lowest BCUT2D eigenvalue weighted by Crippen LogP contribution is -2.69. The third-order valence-corrected chi connectivity index (χ3v) is 18.4. The predicted octanol–water partition coefficient (Wildman–Crippen LogP) is 14.2. The summed E-state index contributed by atoms with van der Waals surface area (Å²) in [5, 5.41) is 7.69. The van der Waals surface area contributed by atoms with Crippen LogP contribution in [0.5, 0.6) is 0 Å². The topological polar surface area (TPSA) is 6.48 Å². The Morgan fingerprint density at radius 2 is 0.923 bits per heavy atom. The Hall–Kier alpha value is -7.72. The summed E-state index contributed by atoms with van der Waals surface area (Å²) in [6.07, 6.45) is 10.4. The second-order valence-corrected chi connectivity index (χ2v) is 21.4. The zero-order valence-electron chi connectivity index (χ0n) is 36.9. The average molecular weight is 851 g/mol. The predicted molar refractivity (Wildman–Crippen MR) is 279 cm³/mol. The Balaban J connectivity index is 1.22. The van der Waals surface area contributed by atoms with Crippen molar-refractivity contribution in [1.82, 2.24) is 0 Å². The van der Waals surface area contributed by atoms with Crippen LogP contribution in [-0.2, 0) is 5.41 Å². The second kappa shape index (κ2) is 16.8. The maximum absolute atomic E-state index is 3.21. The number of anilines is 5. The Kier molecular flexibility index (Phi) is 10.3. The molecule has 11 rings (SSSR count). The van der Waals surface area contributed by atoms with Crippen molar-refractivity contribution in [2.75, 3.05) is 9.80 Å². The summed E-state index contributed by atoms with van der Waals surface area (Å²) in [4.78, 5) is 4.97. The van der Waals surface area contributed by atoms with E-state index in [9.17, 15) is 0 Å². The van der Waals surface area contributed by atoms with E-state index in [-0.39, 0.29) is 5.41 Å². The summed E-state index contributed by atoms with van der Waals surface area (Å²) in [5.74, 6) is 0. The van der Waals surface area contributed by atoms with E-state index in [0.717, 1.165) is 34.9 Å². The number of hydrogen-bond donors (Lipinski definition) is 0. The fraction of sp³-hybridized carbons (Fsp3) is 0.0645. The SMILES string of the molecule is CC1(C)c2ccccc2-c2cc(N(C3=C([Si](c4ccccc4)(c4ccccc4)c4cccc(N(c5ccccc5)c5cccc6ccccc56)c4)C=CCC=C3)c3ccccc3)ccc21. The van der Waals surface area contributed by atoms with Gasteiger partial charge < -0.3 is 9.80 Å². The van der Waals surface area contributed by atoms with Crippen molar-refractivity contribution in [2.24, 2.45) is 0 Å². The molecule has 0 saturated carbocycles. The van der Waals surface area contributed by atoms with Crippen molar-refractivity contribution in [3.05, 3.63) is 277 Å². The van der Waals surface area contributed by atoms with Gasteiger partial charge in [0.1, 0.15) is 0 Å². The fourth-order valence-electron chi connectivity index (χ4n) is 10.6. The van der Waals surface area contributed by atoms with Gasteiger partial charge in [0.05, 0.1) is 5.69 Å². The summed E-state index contributed by atoms with van der Waals surface area (Å²) in [6, 6.07) is 85.5. The third-order valence-electron chi connectivity index (χ3n) is 13.6. The van der Waals surface area contributed by atoms with Gasteiger partial charge in [0.15, 0.2) is 8.07 Å². The molecule has 2 nitrogen and oxygen atoms in total. The molecule has 0 amide bonds. The molecule has 0 bridgehead atoms. The Morgan fingerprint density at radius 3 is 1.65 bits per heavy atom. The van der Waals surface area contributed by atoms with Crippen LogP contribution < -0.4 is 25.4 Å². The zero-order valence-corrected chi connectivity index (χ0v) is 37.9. The minimum Gasteiger partial charge on any atom is -0.311 e. The molecule has 0 unspecified atom stereocenters. The summed E-state index contributed by atoms with van der Waals surface area (Å²) in [5.41, 5.74) is 12.1. The van der Waals surface area contributed by atoms with Crippen LogP contribution in [0.3, 0.4) is 0 Å². The number of hydrogen-bond acceptors (Lipinski definition) is 2. The maximum atomic E-state index is 2.53. The molecule has 0 N–H and O–H groups in total. The minimum atomic E-state index is -3.21. The van der Waals surface area contributed by atoms with Crippen molar-refractivity contribution >= 4 is 62.8 Å². The average Bonchev–Trinajstić information content (AvgIpc) is 3.46. The second-order valence-electron chi connectivity index (χ2n) is 17.6. The molecule has 0 atom stereocenters. The first kappa shape index (κ1) is 40.1. The molecule has 0 spiro atoms. The van der Waals surface area contributed by atoms with E-state index in [0.29, 0.717) is 0 Å². The van der Waals surface area contributed by atoms with E-state index in [4.69, 9.17) is 0 Å². The van der Waals surface area contributed by atoms with Gasteiger partial charge in [-0.1, -0.05) is 208 Å². The van der Waals surface area contributed by atoms with Crippen LogP contribution in [0.25, 0.3) is 21.9 Å². The standard InChI is InChI=1S/C62H50N2Si/c1-62(2)57-38-21-20-37-55(57)56-45-50(42-43-58(56)62)64(48-28-10-4-11-29-48)60-39-16-7-17-41-61(60)65(51-31-12-5-13-32-51,52-33-14-6-15-34-52)53-35-23-30-49(44-53)63(47-26-8-3-9-27-47)59-40-22-25-46-24-18-19-36-54(46)59/h3-6,8-45H,7H2,1-2H3. The van der Waals surface area contributed by atoms with Gasteiger partial charge in [-0.25, -0.2) is 0 Å². The largest absolute Gasteiger partial charge is 0.311 e. The van der Waals surface area contributed by atoms with Crippen LogP contribution in [0.1, 0.15) is 31.4 Å². The van der Waals surface area contributed by atoms with Crippen LogP contribution in [-0.4, -0.2) is 8.07 Å². The summed E-state index contributed by atoms with van der Waals surface area (Å²) in [6.45, 7) is 4.72. The van der Waals surface area contributed by atoms with E-state index >= 15 is 0 Å². The fourth-order valence-corrected chi connectivity index (χ4v) is 15.6. The first-order valence-corrected chi connectivity index (χ1v) is 24.8. The van der Waals surface area contributed by atoms with Crippen LogP contribution in [0.15, 0.2) is 266 Å². The normalized spacial score (nSPS) is 13.9. The van der Waals surface area contributed by atoms with Gasteiger partial charge in [-0.3, -0.25) is 0 Å². The van der Waals surface area contributed by atoms with Gasteiger partial charge in [0.25, 0.3) is 0 Å². The van der Waals surface area contributed by atoms with Gasteiger partial charge in [-0.2, -0.15) is 0 Å². The highest BCUT2D eigenvalue weighted by Gasteiger charge is 2.45. The first-order chi connectivity index (χ1) is 32.0. The molecular formula is C62H50N2Si. The molecule has 0 heterocycles. The van der Waals surface area contributed by atoms with E-state index in [1.165, 1.54) is 59.5 Å². The van der Waals surface area contributed by atoms with Crippen molar-refractivity contribution in [2.45, 2.75) is 25.7 Å². The highest BCUT2D eigenvalue weighted by Crippen LogP contribution is 2.50. The van der Waals surface area contributed by atoms with Crippen molar-refractivity contribution in [3.63, 3.8) is 0 Å². The van der Waals surface area contributed by atoms with E-state index < -0.39 is 8.07 Å². The summed E-state index contributed by atoms with van der Waals surface area (Å²) >= 11 is 0. The third kappa shape index (κ3) is 6.88. The number of benzene rings is 9. The van der Waals surface area contributed by atoms with Gasteiger partial charge in [-0.15, -0.1) is 0 Å². The van der Waals surface area contributed by atoms with Crippen LogP contribution in [0.2, 0.25) is 0 Å². The molecule has 0 aromatic heterocycles. The highest BCUT2D eigenvalue weighted by atomic mass is 28.3. The molecule has 2 aliphatic carbocycles. The van der Waals surface area contributed by atoms with Crippen molar-refractivity contribution < 1.29 is 0 Å². The van der Waals surface area contributed by atoms with E-state index in [1.54, 1.807) is 0 Å². The number of nitrogens with zero attached hydrogens (tertiary/aromatic N) is 2. The molecule has 312 valence electrons. The van der Waals surface area contributed by atoms with Crippen molar-refractivity contribution in [1.29, 1.82) is 0 Å². The molecule has 3 heteroatoms. The quantitative estimate of drug-likeness (QED) is 0.0999. The lowest BCUT2D eigenvalue weighted by Gasteiger charge is -2.39. The molecule has 0 radical (unpaired) electrons. The van der Waals surface area contributed by atoms with Crippen molar-refractivity contribution in [3.8, 4) is 11.1 Å². The summed E-state index contributed by atoms with van der Waals surface area (Å²) in [7, 11) is -3.21. The number of fused-ring (bicyclic) bond motifs is 4. The molecular weight excluding hydrogens is 801 g/mol. The van der Waals surface area contributed by atoms with E-state index in [1.807, 2.05) is 0 Å².